The van der Waals surface area contributed by atoms with Gasteiger partial charge in [-0.3, -0.25) is 0 Å². The summed E-state index contributed by atoms with van der Waals surface area (Å²) in [5, 5.41) is 6.44. The number of hydrogen-bond acceptors (Lipinski definition) is 2. The van der Waals surface area contributed by atoms with Crippen LogP contribution in [0.4, 0.5) is 0 Å². The van der Waals surface area contributed by atoms with Crippen LogP contribution in [-0.2, 0) is 12.0 Å². The topological polar surface area (TPSA) is 12.0 Å². The zero-order valence-corrected chi connectivity index (χ0v) is 12.3. The van der Waals surface area contributed by atoms with Crippen molar-refractivity contribution in [3.63, 3.8) is 0 Å². The Hall–Kier alpha value is -0.830. The molecular formula is C15H18ClNS. The van der Waals surface area contributed by atoms with E-state index in [4.69, 9.17) is 11.6 Å². The quantitative estimate of drug-likeness (QED) is 0.851. The second-order valence-corrected chi connectivity index (χ2v) is 6.48. The van der Waals surface area contributed by atoms with Gasteiger partial charge in [0.15, 0.2) is 0 Å². The Kier molecular flexibility index (Phi) is 4.44. The molecule has 0 unspecified atom stereocenters. The lowest BCUT2D eigenvalue weighted by molar-refractivity contribution is 0.477. The van der Waals surface area contributed by atoms with Crippen LogP contribution >= 0.6 is 22.9 Å². The zero-order valence-electron chi connectivity index (χ0n) is 10.7. The van der Waals surface area contributed by atoms with E-state index in [0.717, 1.165) is 18.1 Å². The van der Waals surface area contributed by atoms with Crippen molar-refractivity contribution >= 4 is 22.9 Å². The highest BCUT2D eigenvalue weighted by Crippen LogP contribution is 2.26. The first-order chi connectivity index (χ1) is 8.58. The fraction of sp³-hybridized carbons (Fsp3) is 0.333. The fourth-order valence-electron chi connectivity index (χ4n) is 1.92. The van der Waals surface area contributed by atoms with Crippen LogP contribution in [0.3, 0.4) is 0 Å². The molecule has 1 nitrogen and oxygen atoms in total. The molecule has 0 spiro atoms. The van der Waals surface area contributed by atoms with E-state index in [-0.39, 0.29) is 5.41 Å². The smallest absolute Gasteiger partial charge is 0.0409 e. The largest absolute Gasteiger partial charge is 0.312 e. The maximum atomic E-state index is 5.97. The molecule has 0 amide bonds. The molecule has 0 radical (unpaired) electrons. The van der Waals surface area contributed by atoms with E-state index in [1.807, 2.05) is 29.5 Å². The first-order valence-electron chi connectivity index (χ1n) is 6.07. The molecule has 3 heteroatoms. The number of benzene rings is 1. The lowest BCUT2D eigenvalue weighted by atomic mass is 9.91. The molecule has 96 valence electrons. The minimum absolute atomic E-state index is 0.173. The first-order valence-corrected chi connectivity index (χ1v) is 7.33. The number of hydrogen-bond donors (Lipinski definition) is 1. The summed E-state index contributed by atoms with van der Waals surface area (Å²) in [5.41, 5.74) is 1.40. The van der Waals surface area contributed by atoms with Gasteiger partial charge in [0.25, 0.3) is 0 Å². The third kappa shape index (κ3) is 3.58. The molecule has 0 bridgehead atoms. The maximum absolute atomic E-state index is 5.97. The van der Waals surface area contributed by atoms with E-state index >= 15 is 0 Å². The SMILES string of the molecule is CC(C)(CNCc1cccc(Cl)c1)c1cccs1. The average Bonchev–Trinajstić information content (AvgIpc) is 2.83. The van der Waals surface area contributed by atoms with E-state index in [0.29, 0.717) is 0 Å². The monoisotopic (exact) mass is 279 g/mol. The summed E-state index contributed by atoms with van der Waals surface area (Å²) >= 11 is 7.79. The Morgan fingerprint density at radius 3 is 2.72 bits per heavy atom. The molecule has 0 saturated carbocycles. The first kappa shape index (κ1) is 13.6. The Bertz CT molecular complexity index is 491. The number of thiophene rings is 1. The molecule has 0 fully saturated rings. The molecule has 0 atom stereocenters. The van der Waals surface area contributed by atoms with E-state index in [2.05, 4.69) is 42.7 Å². The minimum Gasteiger partial charge on any atom is -0.312 e. The van der Waals surface area contributed by atoms with Gasteiger partial charge in [-0.25, -0.2) is 0 Å². The Labute approximate surface area is 118 Å². The molecule has 0 aliphatic heterocycles. The fourth-order valence-corrected chi connectivity index (χ4v) is 2.98. The van der Waals surface area contributed by atoms with Gasteiger partial charge >= 0.3 is 0 Å². The van der Waals surface area contributed by atoms with Crippen LogP contribution < -0.4 is 5.32 Å². The molecule has 2 rings (SSSR count). The van der Waals surface area contributed by atoms with Crippen molar-refractivity contribution in [2.45, 2.75) is 25.8 Å². The van der Waals surface area contributed by atoms with Crippen LogP contribution in [0.2, 0.25) is 5.02 Å². The molecule has 0 aliphatic rings. The minimum atomic E-state index is 0.173. The van der Waals surface area contributed by atoms with Crippen LogP contribution in [-0.4, -0.2) is 6.54 Å². The van der Waals surface area contributed by atoms with Gasteiger partial charge in [-0.1, -0.05) is 43.6 Å². The van der Waals surface area contributed by atoms with E-state index in [1.165, 1.54) is 10.4 Å². The summed E-state index contributed by atoms with van der Waals surface area (Å²) in [5.74, 6) is 0. The van der Waals surface area contributed by atoms with Crippen molar-refractivity contribution < 1.29 is 0 Å². The van der Waals surface area contributed by atoms with E-state index < -0.39 is 0 Å². The Morgan fingerprint density at radius 1 is 1.22 bits per heavy atom. The number of halogens is 1. The van der Waals surface area contributed by atoms with Crippen LogP contribution in [0.1, 0.15) is 24.3 Å². The van der Waals surface area contributed by atoms with Crippen molar-refractivity contribution in [3.05, 3.63) is 57.2 Å². The van der Waals surface area contributed by atoms with Crippen LogP contribution in [0, 0.1) is 0 Å². The summed E-state index contributed by atoms with van der Waals surface area (Å²) in [7, 11) is 0. The third-order valence-corrected chi connectivity index (χ3v) is 4.44. The molecular weight excluding hydrogens is 262 g/mol. The summed E-state index contributed by atoms with van der Waals surface area (Å²) in [6.07, 6.45) is 0. The summed E-state index contributed by atoms with van der Waals surface area (Å²) in [4.78, 5) is 1.42. The predicted octanol–water partition coefficient (Wildman–Crippen LogP) is 4.47. The van der Waals surface area contributed by atoms with Crippen molar-refractivity contribution in [2.75, 3.05) is 6.54 Å². The van der Waals surface area contributed by atoms with Gasteiger partial charge in [-0.05, 0) is 29.1 Å². The molecule has 1 aromatic carbocycles. The number of nitrogens with one attached hydrogen (secondary N) is 1. The number of rotatable bonds is 5. The Balaban J connectivity index is 1.89. The van der Waals surface area contributed by atoms with Crippen molar-refractivity contribution in [3.8, 4) is 0 Å². The molecule has 1 aromatic heterocycles. The molecule has 1 N–H and O–H groups in total. The molecule has 0 saturated heterocycles. The third-order valence-electron chi connectivity index (χ3n) is 2.97. The summed E-state index contributed by atoms with van der Waals surface area (Å²) < 4.78 is 0. The summed E-state index contributed by atoms with van der Waals surface area (Å²) in [6.45, 7) is 6.35. The Morgan fingerprint density at radius 2 is 2.06 bits per heavy atom. The highest BCUT2D eigenvalue weighted by molar-refractivity contribution is 7.10. The van der Waals surface area contributed by atoms with Gasteiger partial charge in [-0.2, -0.15) is 0 Å². The lowest BCUT2D eigenvalue weighted by Crippen LogP contribution is -2.31. The second-order valence-electron chi connectivity index (χ2n) is 5.09. The predicted molar refractivity (Wildman–Crippen MR) is 80.5 cm³/mol. The van der Waals surface area contributed by atoms with Gasteiger partial charge in [0.2, 0.25) is 0 Å². The van der Waals surface area contributed by atoms with Crippen molar-refractivity contribution in [1.29, 1.82) is 0 Å². The molecule has 2 aromatic rings. The lowest BCUT2D eigenvalue weighted by Gasteiger charge is -2.23. The van der Waals surface area contributed by atoms with Gasteiger partial charge in [0.1, 0.15) is 0 Å². The van der Waals surface area contributed by atoms with E-state index in [9.17, 15) is 0 Å². The van der Waals surface area contributed by atoms with Crippen molar-refractivity contribution in [2.24, 2.45) is 0 Å². The maximum Gasteiger partial charge on any atom is 0.0409 e. The normalized spacial score (nSPS) is 11.7. The molecule has 0 aliphatic carbocycles. The highest BCUT2D eigenvalue weighted by Gasteiger charge is 2.20. The highest BCUT2D eigenvalue weighted by atomic mass is 35.5. The molecule has 18 heavy (non-hydrogen) atoms. The average molecular weight is 280 g/mol. The molecule has 1 heterocycles. The van der Waals surface area contributed by atoms with Crippen molar-refractivity contribution in [1.82, 2.24) is 5.32 Å². The van der Waals surface area contributed by atoms with Crippen LogP contribution in [0.25, 0.3) is 0 Å². The summed E-state index contributed by atoms with van der Waals surface area (Å²) in [6, 6.07) is 12.3. The zero-order chi connectivity index (χ0) is 13.0. The van der Waals surface area contributed by atoms with Gasteiger partial charge < -0.3 is 5.32 Å². The van der Waals surface area contributed by atoms with Crippen LogP contribution in [0.5, 0.6) is 0 Å². The van der Waals surface area contributed by atoms with Gasteiger partial charge in [0.05, 0.1) is 0 Å². The van der Waals surface area contributed by atoms with Gasteiger partial charge in [0, 0.05) is 28.4 Å². The standard InChI is InChI=1S/C15H18ClNS/c1-15(2,14-7-4-8-18-14)11-17-10-12-5-3-6-13(16)9-12/h3-9,17H,10-11H2,1-2H3. The second kappa shape index (κ2) is 5.87. The van der Waals surface area contributed by atoms with Crippen LogP contribution in [0.15, 0.2) is 41.8 Å². The van der Waals surface area contributed by atoms with Gasteiger partial charge in [-0.15, -0.1) is 11.3 Å². The van der Waals surface area contributed by atoms with E-state index in [1.54, 1.807) is 0 Å².